The third-order valence-corrected chi connectivity index (χ3v) is 5.40. The van der Waals surface area contributed by atoms with Crippen molar-refractivity contribution in [2.24, 2.45) is 5.92 Å². The Morgan fingerprint density at radius 2 is 2.00 bits per heavy atom. The van der Waals surface area contributed by atoms with E-state index in [9.17, 15) is 0 Å². The summed E-state index contributed by atoms with van der Waals surface area (Å²) in [7, 11) is 0. The van der Waals surface area contributed by atoms with Gasteiger partial charge in [-0.15, -0.1) is 0 Å². The third kappa shape index (κ3) is 4.21. The lowest BCUT2D eigenvalue weighted by Crippen LogP contribution is -2.44. The Balaban J connectivity index is 1.76. The van der Waals surface area contributed by atoms with Crippen molar-refractivity contribution in [1.82, 2.24) is 0 Å². The first kappa shape index (κ1) is 14.8. The van der Waals surface area contributed by atoms with Gasteiger partial charge in [0.1, 0.15) is 0 Å². The van der Waals surface area contributed by atoms with Crippen LogP contribution in [0.25, 0.3) is 0 Å². The largest absolute Gasteiger partial charge is 0.381 e. The van der Waals surface area contributed by atoms with Crippen LogP contribution in [0.5, 0.6) is 0 Å². The Kier molecular flexibility index (Phi) is 5.96. The van der Waals surface area contributed by atoms with Crippen LogP contribution in [-0.4, -0.2) is 30.2 Å². The molecule has 0 bridgehead atoms. The zero-order valence-electron chi connectivity index (χ0n) is 11.6. The van der Waals surface area contributed by atoms with Crippen LogP contribution < -0.4 is 0 Å². The van der Waals surface area contributed by atoms with Crippen molar-refractivity contribution in [3.8, 4) is 0 Å². The molecule has 2 fully saturated rings. The summed E-state index contributed by atoms with van der Waals surface area (Å²) in [5, 5.41) is 0. The topological polar surface area (TPSA) is 18.5 Å². The average molecular weight is 319 g/mol. The molecule has 0 radical (unpaired) electrons. The zero-order valence-corrected chi connectivity index (χ0v) is 13.2. The standard InChI is InChI=1S/C15H27BrO2/c1-2-3-14(16)5-4-13-6-9-18-15(12-13)7-10-17-11-8-15/h13-14H,2-12H2,1H3. The van der Waals surface area contributed by atoms with E-state index in [1.165, 1.54) is 38.5 Å². The first-order valence-corrected chi connectivity index (χ1v) is 8.51. The molecule has 106 valence electrons. The Bertz CT molecular complexity index is 233. The summed E-state index contributed by atoms with van der Waals surface area (Å²) in [4.78, 5) is 0.719. The van der Waals surface area contributed by atoms with Crippen LogP contribution in [0.3, 0.4) is 0 Å². The minimum atomic E-state index is 0.174. The maximum Gasteiger partial charge on any atom is 0.0729 e. The molecule has 2 aliphatic rings. The third-order valence-electron chi connectivity index (χ3n) is 4.49. The van der Waals surface area contributed by atoms with E-state index in [0.717, 1.165) is 43.4 Å². The fourth-order valence-electron chi connectivity index (χ4n) is 3.34. The Morgan fingerprint density at radius 1 is 1.22 bits per heavy atom. The summed E-state index contributed by atoms with van der Waals surface area (Å²) < 4.78 is 11.6. The molecule has 2 nitrogen and oxygen atoms in total. The molecule has 0 N–H and O–H groups in total. The molecule has 0 saturated carbocycles. The smallest absolute Gasteiger partial charge is 0.0729 e. The SMILES string of the molecule is CCCC(Br)CCC1CCOC2(CCOCC2)C1. The minimum absolute atomic E-state index is 0.174. The van der Waals surface area contributed by atoms with E-state index in [4.69, 9.17) is 9.47 Å². The van der Waals surface area contributed by atoms with Gasteiger partial charge in [0.15, 0.2) is 0 Å². The molecule has 0 aliphatic carbocycles. The molecule has 2 atom stereocenters. The van der Waals surface area contributed by atoms with Crippen LogP contribution in [0, 0.1) is 5.92 Å². The van der Waals surface area contributed by atoms with Gasteiger partial charge in [-0.2, -0.15) is 0 Å². The highest BCUT2D eigenvalue weighted by molar-refractivity contribution is 9.09. The number of hydrogen-bond donors (Lipinski definition) is 0. The fourth-order valence-corrected chi connectivity index (χ4v) is 4.06. The fraction of sp³-hybridized carbons (Fsp3) is 1.00. The molecule has 2 heterocycles. The van der Waals surface area contributed by atoms with Gasteiger partial charge in [-0.25, -0.2) is 0 Å². The molecule has 2 aliphatic heterocycles. The van der Waals surface area contributed by atoms with E-state index in [0.29, 0.717) is 0 Å². The highest BCUT2D eigenvalue weighted by Crippen LogP contribution is 2.39. The number of hydrogen-bond acceptors (Lipinski definition) is 2. The number of halogens is 1. The summed E-state index contributed by atoms with van der Waals surface area (Å²) in [5.41, 5.74) is 0.174. The van der Waals surface area contributed by atoms with Gasteiger partial charge in [-0.1, -0.05) is 29.3 Å². The highest BCUT2D eigenvalue weighted by atomic mass is 79.9. The van der Waals surface area contributed by atoms with E-state index in [-0.39, 0.29) is 5.60 Å². The predicted molar refractivity (Wildman–Crippen MR) is 78.3 cm³/mol. The monoisotopic (exact) mass is 318 g/mol. The van der Waals surface area contributed by atoms with E-state index >= 15 is 0 Å². The van der Waals surface area contributed by atoms with Crippen molar-refractivity contribution in [2.45, 2.75) is 68.7 Å². The molecule has 0 aromatic carbocycles. The van der Waals surface area contributed by atoms with Gasteiger partial charge in [0.25, 0.3) is 0 Å². The van der Waals surface area contributed by atoms with E-state index < -0.39 is 0 Å². The van der Waals surface area contributed by atoms with Crippen LogP contribution in [0.2, 0.25) is 0 Å². The summed E-state index contributed by atoms with van der Waals surface area (Å²) >= 11 is 3.80. The van der Waals surface area contributed by atoms with Crippen molar-refractivity contribution in [3.05, 3.63) is 0 Å². The molecule has 18 heavy (non-hydrogen) atoms. The number of ether oxygens (including phenoxy) is 2. The maximum atomic E-state index is 6.10. The van der Waals surface area contributed by atoms with Crippen LogP contribution in [0.4, 0.5) is 0 Å². The zero-order chi connectivity index (χ0) is 12.8. The van der Waals surface area contributed by atoms with Gasteiger partial charge in [0, 0.05) is 24.6 Å². The molecule has 2 unspecified atom stereocenters. The molecular formula is C15H27BrO2. The molecule has 0 amide bonds. The van der Waals surface area contributed by atoms with Gasteiger partial charge < -0.3 is 9.47 Å². The molecule has 3 heteroatoms. The molecule has 2 saturated heterocycles. The first-order chi connectivity index (χ1) is 8.74. The average Bonchev–Trinajstić information content (AvgIpc) is 2.38. The summed E-state index contributed by atoms with van der Waals surface area (Å²) in [5.74, 6) is 0.869. The Labute approximate surface area is 120 Å². The predicted octanol–water partition coefficient (Wildman–Crippen LogP) is 4.31. The second-order valence-corrected chi connectivity index (χ2v) is 7.26. The van der Waals surface area contributed by atoms with E-state index in [1.54, 1.807) is 0 Å². The first-order valence-electron chi connectivity index (χ1n) is 7.60. The van der Waals surface area contributed by atoms with Crippen LogP contribution in [0.1, 0.15) is 58.3 Å². The van der Waals surface area contributed by atoms with Gasteiger partial charge >= 0.3 is 0 Å². The lowest BCUT2D eigenvalue weighted by Gasteiger charge is -2.43. The van der Waals surface area contributed by atoms with Crippen LogP contribution >= 0.6 is 15.9 Å². The normalized spacial score (nSPS) is 29.3. The van der Waals surface area contributed by atoms with Crippen molar-refractivity contribution >= 4 is 15.9 Å². The Hall–Kier alpha value is 0.400. The molecule has 0 aromatic heterocycles. The molecule has 1 spiro atoms. The summed E-state index contributed by atoms with van der Waals surface area (Å²) in [6.45, 7) is 5.01. The second-order valence-electron chi connectivity index (χ2n) is 5.97. The van der Waals surface area contributed by atoms with Gasteiger partial charge in [-0.05, 0) is 50.9 Å². The lowest BCUT2D eigenvalue weighted by atomic mass is 9.79. The molecule has 2 rings (SSSR count). The van der Waals surface area contributed by atoms with Gasteiger partial charge in [0.05, 0.1) is 5.60 Å². The van der Waals surface area contributed by atoms with Gasteiger partial charge in [-0.3, -0.25) is 0 Å². The van der Waals surface area contributed by atoms with E-state index in [2.05, 4.69) is 22.9 Å². The van der Waals surface area contributed by atoms with Crippen molar-refractivity contribution < 1.29 is 9.47 Å². The number of alkyl halides is 1. The van der Waals surface area contributed by atoms with Crippen molar-refractivity contribution in [1.29, 1.82) is 0 Å². The van der Waals surface area contributed by atoms with Crippen molar-refractivity contribution in [3.63, 3.8) is 0 Å². The quantitative estimate of drug-likeness (QED) is 0.703. The lowest BCUT2D eigenvalue weighted by molar-refractivity contribution is -0.147. The van der Waals surface area contributed by atoms with E-state index in [1.807, 2.05) is 0 Å². The second kappa shape index (κ2) is 7.25. The van der Waals surface area contributed by atoms with Crippen LogP contribution in [-0.2, 0) is 9.47 Å². The molecular weight excluding hydrogens is 292 g/mol. The Morgan fingerprint density at radius 3 is 2.72 bits per heavy atom. The summed E-state index contributed by atoms with van der Waals surface area (Å²) in [6, 6.07) is 0. The molecule has 0 aromatic rings. The minimum Gasteiger partial charge on any atom is -0.381 e. The van der Waals surface area contributed by atoms with Crippen LogP contribution in [0.15, 0.2) is 0 Å². The van der Waals surface area contributed by atoms with Gasteiger partial charge in [0.2, 0.25) is 0 Å². The highest BCUT2D eigenvalue weighted by Gasteiger charge is 2.38. The summed E-state index contributed by atoms with van der Waals surface area (Å²) in [6.07, 6.45) is 10.0. The van der Waals surface area contributed by atoms with Crippen molar-refractivity contribution in [2.75, 3.05) is 19.8 Å². The number of rotatable bonds is 5. The maximum absolute atomic E-state index is 6.10.